The highest BCUT2D eigenvalue weighted by atomic mass is 32.2. The lowest BCUT2D eigenvalue weighted by molar-refractivity contribution is -0.135. The number of carbonyl (C=O) groups is 3. The number of sulfonamides is 1. The molecule has 1 aromatic carbocycles. The summed E-state index contributed by atoms with van der Waals surface area (Å²) in [5.74, 6) is -0.423. The Hall–Kier alpha value is -2.46. The summed E-state index contributed by atoms with van der Waals surface area (Å²) in [6, 6.07) is 2.38. The number of hydrogen-bond donors (Lipinski definition) is 2. The molecule has 2 N–H and O–H groups in total. The van der Waals surface area contributed by atoms with Gasteiger partial charge in [-0.3, -0.25) is 14.5 Å². The van der Waals surface area contributed by atoms with Crippen molar-refractivity contribution < 1.29 is 22.8 Å². The maximum atomic E-state index is 12.9. The molecule has 2 aliphatic rings. The largest absolute Gasteiger partial charge is 0.325 e. The number of nitrogens with one attached hydrogen (secondary N) is 2. The molecule has 9 nitrogen and oxygen atoms in total. The van der Waals surface area contributed by atoms with E-state index in [4.69, 9.17) is 0 Å². The lowest BCUT2D eigenvalue weighted by atomic mass is 9.77. The number of hydrogen-bond acceptors (Lipinski definition) is 5. The van der Waals surface area contributed by atoms with E-state index >= 15 is 0 Å². The number of imide groups is 1. The summed E-state index contributed by atoms with van der Waals surface area (Å²) in [7, 11) is -0.819. The highest BCUT2D eigenvalue weighted by molar-refractivity contribution is 7.89. The Kier molecular flexibility index (Phi) is 6.16. The number of amides is 4. The maximum Gasteiger partial charge on any atom is 0.325 e. The smallest absolute Gasteiger partial charge is 0.324 e. The third-order valence-electron chi connectivity index (χ3n) is 6.37. The first-order valence-electron chi connectivity index (χ1n) is 10.3. The molecule has 4 amide bonds. The zero-order valence-corrected chi connectivity index (χ0v) is 19.4. The van der Waals surface area contributed by atoms with Crippen molar-refractivity contribution >= 4 is 33.6 Å². The molecule has 1 heterocycles. The Morgan fingerprint density at radius 1 is 1.23 bits per heavy atom. The van der Waals surface area contributed by atoms with Gasteiger partial charge in [-0.05, 0) is 68.7 Å². The molecule has 1 aromatic rings. The van der Waals surface area contributed by atoms with E-state index in [-0.39, 0.29) is 10.8 Å². The zero-order valence-electron chi connectivity index (χ0n) is 18.6. The van der Waals surface area contributed by atoms with Gasteiger partial charge in [0.25, 0.3) is 5.91 Å². The second-order valence-electron chi connectivity index (χ2n) is 8.83. The van der Waals surface area contributed by atoms with Crippen molar-refractivity contribution in [3.05, 3.63) is 23.3 Å². The van der Waals surface area contributed by atoms with Crippen molar-refractivity contribution in [2.24, 2.45) is 5.92 Å². The first kappa shape index (κ1) is 23.2. The van der Waals surface area contributed by atoms with Gasteiger partial charge < -0.3 is 10.6 Å². The minimum absolute atomic E-state index is 0.0566. The van der Waals surface area contributed by atoms with Crippen LogP contribution in [0.1, 0.15) is 43.7 Å². The van der Waals surface area contributed by atoms with Crippen LogP contribution in [0, 0.1) is 19.8 Å². The molecule has 0 atom stereocenters. The molecule has 3 rings (SSSR count). The van der Waals surface area contributed by atoms with Crippen molar-refractivity contribution in [3.63, 3.8) is 0 Å². The fraction of sp³-hybridized carbons (Fsp3) is 0.571. The van der Waals surface area contributed by atoms with Crippen LogP contribution in [-0.2, 0) is 19.6 Å². The lowest BCUT2D eigenvalue weighted by Gasteiger charge is -2.33. The Morgan fingerprint density at radius 3 is 2.42 bits per heavy atom. The van der Waals surface area contributed by atoms with Crippen LogP contribution in [0.2, 0.25) is 0 Å². The summed E-state index contributed by atoms with van der Waals surface area (Å²) in [4.78, 5) is 39.1. The van der Waals surface area contributed by atoms with E-state index in [2.05, 4.69) is 17.6 Å². The average molecular weight is 451 g/mol. The van der Waals surface area contributed by atoms with Crippen molar-refractivity contribution in [3.8, 4) is 0 Å². The summed E-state index contributed by atoms with van der Waals surface area (Å²) in [6.45, 7) is 5.22. The van der Waals surface area contributed by atoms with E-state index in [9.17, 15) is 22.8 Å². The summed E-state index contributed by atoms with van der Waals surface area (Å²) < 4.78 is 26.1. The number of urea groups is 1. The second-order valence-corrected chi connectivity index (χ2v) is 11.0. The molecule has 1 aliphatic heterocycles. The highest BCUT2D eigenvalue weighted by Crippen LogP contribution is 2.36. The molecule has 0 aromatic heterocycles. The Balaban J connectivity index is 1.78. The summed E-state index contributed by atoms with van der Waals surface area (Å²) in [5, 5.41) is 5.47. The van der Waals surface area contributed by atoms with E-state index in [1.807, 2.05) is 0 Å². The first-order chi connectivity index (χ1) is 14.4. The van der Waals surface area contributed by atoms with Crippen LogP contribution in [0.25, 0.3) is 0 Å². The Morgan fingerprint density at radius 2 is 1.84 bits per heavy atom. The molecule has 10 heteroatoms. The third kappa shape index (κ3) is 4.31. The molecule has 0 bridgehead atoms. The van der Waals surface area contributed by atoms with Crippen LogP contribution in [0.15, 0.2) is 17.0 Å². The first-order valence-corrected chi connectivity index (χ1v) is 11.8. The second kappa shape index (κ2) is 8.23. The quantitative estimate of drug-likeness (QED) is 0.666. The number of carbonyl (C=O) groups excluding carboxylic acids is 3. The molecular weight excluding hydrogens is 420 g/mol. The molecule has 0 unspecified atom stereocenters. The van der Waals surface area contributed by atoms with Crippen LogP contribution in [0.5, 0.6) is 0 Å². The zero-order chi connectivity index (χ0) is 23.1. The van der Waals surface area contributed by atoms with Gasteiger partial charge in [0, 0.05) is 19.8 Å². The minimum atomic E-state index is -3.68. The molecule has 170 valence electrons. The molecule has 31 heavy (non-hydrogen) atoms. The third-order valence-corrected chi connectivity index (χ3v) is 8.16. The van der Waals surface area contributed by atoms with Crippen LogP contribution in [-0.4, -0.2) is 61.6 Å². The normalized spacial score (nSPS) is 24.1. The van der Waals surface area contributed by atoms with Gasteiger partial charge in [0.1, 0.15) is 12.1 Å². The van der Waals surface area contributed by atoms with Crippen molar-refractivity contribution in [1.82, 2.24) is 14.5 Å². The molecule has 1 spiro atoms. The van der Waals surface area contributed by atoms with E-state index in [1.165, 1.54) is 20.2 Å². The Bertz CT molecular complexity index is 1030. The van der Waals surface area contributed by atoms with Crippen molar-refractivity contribution in [2.75, 3.05) is 26.0 Å². The fourth-order valence-electron chi connectivity index (χ4n) is 4.06. The minimum Gasteiger partial charge on any atom is -0.324 e. The van der Waals surface area contributed by atoms with Crippen LogP contribution in [0.3, 0.4) is 0 Å². The van der Waals surface area contributed by atoms with Gasteiger partial charge in [-0.25, -0.2) is 17.5 Å². The predicted molar refractivity (Wildman–Crippen MR) is 116 cm³/mol. The van der Waals surface area contributed by atoms with Gasteiger partial charge in [-0.1, -0.05) is 6.92 Å². The number of nitrogens with zero attached hydrogens (tertiary/aromatic N) is 2. The molecule has 1 aliphatic carbocycles. The molecule has 2 fully saturated rings. The van der Waals surface area contributed by atoms with Crippen LogP contribution in [0.4, 0.5) is 10.5 Å². The summed E-state index contributed by atoms with van der Waals surface area (Å²) in [5.41, 5.74) is 0.832. The summed E-state index contributed by atoms with van der Waals surface area (Å²) >= 11 is 0. The molecule has 1 saturated carbocycles. The van der Waals surface area contributed by atoms with Crippen LogP contribution >= 0.6 is 0 Å². The van der Waals surface area contributed by atoms with Gasteiger partial charge in [0.2, 0.25) is 15.9 Å². The van der Waals surface area contributed by atoms with Gasteiger partial charge >= 0.3 is 6.03 Å². The van der Waals surface area contributed by atoms with Gasteiger partial charge in [0.15, 0.2) is 0 Å². The molecular formula is C21H30N4O5S. The van der Waals surface area contributed by atoms with Crippen LogP contribution < -0.4 is 10.6 Å². The van der Waals surface area contributed by atoms with Crippen molar-refractivity contribution in [1.29, 1.82) is 0 Å². The summed E-state index contributed by atoms with van der Waals surface area (Å²) in [6.07, 6.45) is 2.83. The highest BCUT2D eigenvalue weighted by Gasteiger charge is 2.52. The molecule has 1 saturated heterocycles. The maximum absolute atomic E-state index is 12.9. The van der Waals surface area contributed by atoms with E-state index < -0.39 is 34.0 Å². The number of benzene rings is 1. The number of rotatable bonds is 5. The molecule has 0 radical (unpaired) electrons. The van der Waals surface area contributed by atoms with E-state index in [0.717, 1.165) is 22.0 Å². The van der Waals surface area contributed by atoms with Gasteiger partial charge in [-0.2, -0.15) is 0 Å². The lowest BCUT2D eigenvalue weighted by Crippen LogP contribution is -2.49. The fourth-order valence-corrected chi connectivity index (χ4v) is 5.08. The van der Waals surface area contributed by atoms with Crippen molar-refractivity contribution in [2.45, 2.75) is 56.9 Å². The number of anilines is 1. The van der Waals surface area contributed by atoms with Gasteiger partial charge in [0.05, 0.1) is 4.90 Å². The monoisotopic (exact) mass is 450 g/mol. The predicted octanol–water partition coefficient (Wildman–Crippen LogP) is 1.99. The van der Waals surface area contributed by atoms with Gasteiger partial charge in [-0.15, -0.1) is 0 Å². The Labute approximate surface area is 183 Å². The topological polar surface area (TPSA) is 116 Å². The van der Waals surface area contributed by atoms with E-state index in [0.29, 0.717) is 35.6 Å². The van der Waals surface area contributed by atoms with E-state index in [1.54, 1.807) is 19.9 Å². The SMILES string of the molecule is Cc1cc(S(=O)(=O)N(C)C)cc(NC(=O)CN2C(=O)NC3(CCC(C)CC3)C2=O)c1C. The number of aryl methyl sites for hydroxylation is 1. The average Bonchev–Trinajstić information content (AvgIpc) is 2.91. The standard InChI is InChI=1S/C21H30N4O5S/c1-13-6-8-21(9-7-13)19(27)25(20(28)23-21)12-18(26)22-17-11-16(10-14(2)15(17)3)31(29,30)24(4)5/h10-11,13H,6-9,12H2,1-5H3,(H,22,26)(H,23,28).